The molecule has 4 rings (SSSR count). The molecule has 32 heavy (non-hydrogen) atoms. The van der Waals surface area contributed by atoms with Crippen LogP contribution in [-0.4, -0.2) is 54.4 Å². The first-order valence-electron chi connectivity index (χ1n) is 11.6. The van der Waals surface area contributed by atoms with E-state index in [2.05, 4.69) is 0 Å². The third-order valence-electron chi connectivity index (χ3n) is 7.00. The lowest BCUT2D eigenvalue weighted by Gasteiger charge is -2.35. The first kappa shape index (κ1) is 22.4. The van der Waals surface area contributed by atoms with Crippen molar-refractivity contribution in [3.63, 3.8) is 0 Å². The lowest BCUT2D eigenvalue weighted by molar-refractivity contribution is -0.158. The lowest BCUT2D eigenvalue weighted by atomic mass is 9.68. The van der Waals surface area contributed by atoms with E-state index in [-0.39, 0.29) is 30.8 Å². The Morgan fingerprint density at radius 2 is 1.84 bits per heavy atom. The second kappa shape index (κ2) is 9.35. The van der Waals surface area contributed by atoms with E-state index in [9.17, 15) is 14.4 Å². The largest absolute Gasteiger partial charge is 0.497 e. The van der Waals surface area contributed by atoms with Gasteiger partial charge in [-0.25, -0.2) is 0 Å². The van der Waals surface area contributed by atoms with E-state index in [0.717, 1.165) is 50.1 Å². The molecule has 0 spiro atoms. The Kier molecular flexibility index (Phi) is 6.53. The van der Waals surface area contributed by atoms with Crippen LogP contribution >= 0.6 is 0 Å². The van der Waals surface area contributed by atoms with Crippen molar-refractivity contribution in [3.8, 4) is 5.75 Å². The van der Waals surface area contributed by atoms with Crippen LogP contribution in [0.3, 0.4) is 0 Å². The van der Waals surface area contributed by atoms with Crippen molar-refractivity contribution < 1.29 is 23.9 Å². The predicted octanol–water partition coefficient (Wildman–Crippen LogP) is 3.28. The highest BCUT2D eigenvalue weighted by molar-refractivity contribution is 5.99. The van der Waals surface area contributed by atoms with Crippen LogP contribution in [0, 0.1) is 11.3 Å². The molecule has 2 saturated heterocycles. The van der Waals surface area contributed by atoms with Crippen LogP contribution in [0.5, 0.6) is 5.75 Å². The fourth-order valence-electron chi connectivity index (χ4n) is 5.37. The maximum Gasteiger partial charge on any atom is 0.318 e. The normalized spacial score (nSPS) is 24.9. The zero-order valence-corrected chi connectivity index (χ0v) is 19.0. The number of carbonyl (C=O) groups is 3. The molecule has 172 valence electrons. The number of carbonyl (C=O) groups excluding carboxylic acids is 3. The molecule has 7 nitrogen and oxygen atoms in total. The summed E-state index contributed by atoms with van der Waals surface area (Å²) >= 11 is 0. The van der Waals surface area contributed by atoms with E-state index in [0.29, 0.717) is 18.7 Å². The molecule has 1 aromatic rings. The Morgan fingerprint density at radius 1 is 1.12 bits per heavy atom. The Morgan fingerprint density at radius 3 is 2.50 bits per heavy atom. The van der Waals surface area contributed by atoms with Gasteiger partial charge >= 0.3 is 5.97 Å². The average molecular weight is 441 g/mol. The summed E-state index contributed by atoms with van der Waals surface area (Å²) in [7, 11) is 1.61. The molecule has 7 heteroatoms. The molecule has 1 aliphatic carbocycles. The quantitative estimate of drug-likeness (QED) is 0.608. The summed E-state index contributed by atoms with van der Waals surface area (Å²) in [5.41, 5.74) is 0.574. The maximum atomic E-state index is 13.7. The minimum Gasteiger partial charge on any atom is -0.497 e. The van der Waals surface area contributed by atoms with Crippen molar-refractivity contribution in [2.24, 2.45) is 11.3 Å². The Bertz CT molecular complexity index is 903. The summed E-state index contributed by atoms with van der Waals surface area (Å²) in [6, 6.07) is 7.56. The number of methoxy groups -OCH3 is 1. The van der Waals surface area contributed by atoms with Gasteiger partial charge in [0, 0.05) is 25.2 Å². The smallest absolute Gasteiger partial charge is 0.318 e. The van der Waals surface area contributed by atoms with Gasteiger partial charge < -0.3 is 19.3 Å². The highest BCUT2D eigenvalue weighted by atomic mass is 16.5. The number of hydrogen-bond donors (Lipinski definition) is 0. The number of allylic oxidation sites excluding steroid dienone is 1. The van der Waals surface area contributed by atoms with Gasteiger partial charge in [-0.15, -0.1) is 0 Å². The molecule has 2 fully saturated rings. The van der Waals surface area contributed by atoms with E-state index in [4.69, 9.17) is 9.47 Å². The van der Waals surface area contributed by atoms with Crippen molar-refractivity contribution in [2.45, 2.75) is 52.0 Å². The minimum atomic E-state index is -1.08. The van der Waals surface area contributed by atoms with E-state index in [1.165, 1.54) is 0 Å². The van der Waals surface area contributed by atoms with Gasteiger partial charge in [-0.3, -0.25) is 14.4 Å². The number of rotatable bonds is 7. The molecule has 0 unspecified atom stereocenters. The van der Waals surface area contributed by atoms with Gasteiger partial charge in [0.2, 0.25) is 11.8 Å². The first-order chi connectivity index (χ1) is 15.5. The second-order valence-electron chi connectivity index (χ2n) is 8.79. The molecule has 2 atom stereocenters. The van der Waals surface area contributed by atoms with Gasteiger partial charge in [0.25, 0.3) is 0 Å². The van der Waals surface area contributed by atoms with Crippen molar-refractivity contribution in [3.05, 3.63) is 41.6 Å². The summed E-state index contributed by atoms with van der Waals surface area (Å²) in [5, 5.41) is 0. The number of amides is 2. The van der Waals surface area contributed by atoms with E-state index in [1.54, 1.807) is 18.9 Å². The summed E-state index contributed by atoms with van der Waals surface area (Å²) in [5.74, 6) is -0.557. The number of benzene rings is 1. The Balaban J connectivity index is 1.68. The molecule has 0 N–H and O–H groups in total. The van der Waals surface area contributed by atoms with Crippen LogP contribution in [0.4, 0.5) is 0 Å². The van der Waals surface area contributed by atoms with E-state index >= 15 is 0 Å². The summed E-state index contributed by atoms with van der Waals surface area (Å²) in [4.78, 5) is 43.7. The minimum absolute atomic E-state index is 0.0410. The molecule has 2 amide bonds. The summed E-state index contributed by atoms with van der Waals surface area (Å²) < 4.78 is 10.7. The molecular formula is C25H32N2O5. The standard InChI is InChI=1S/C25H32N2O5/c1-3-32-24(30)25-13-5-4-8-21(25)27(17-18-9-11-19(31-2)12-10-18)23(29)20(25)16-22(28)26-14-6-7-15-26/h8-12,20H,3-7,13-17H2,1-2H3/t20-,25-/m0/s1. The highest BCUT2D eigenvalue weighted by Gasteiger charge is 2.62. The molecule has 0 bridgehead atoms. The number of likely N-dealkylation sites (tertiary alicyclic amines) is 2. The molecule has 0 aromatic heterocycles. The molecule has 2 heterocycles. The molecule has 2 aliphatic heterocycles. The van der Waals surface area contributed by atoms with E-state index < -0.39 is 11.3 Å². The van der Waals surface area contributed by atoms with Gasteiger partial charge in [-0.1, -0.05) is 18.2 Å². The fraction of sp³-hybridized carbons (Fsp3) is 0.560. The number of ether oxygens (including phenoxy) is 2. The van der Waals surface area contributed by atoms with Crippen LogP contribution in [-0.2, 0) is 25.7 Å². The third-order valence-corrected chi connectivity index (χ3v) is 7.00. The second-order valence-corrected chi connectivity index (χ2v) is 8.79. The average Bonchev–Trinajstić information content (AvgIpc) is 3.43. The topological polar surface area (TPSA) is 76.1 Å². The number of nitrogens with zero attached hydrogens (tertiary/aromatic N) is 2. The Hall–Kier alpha value is -2.83. The molecule has 1 aromatic carbocycles. The highest BCUT2D eigenvalue weighted by Crippen LogP contribution is 2.54. The van der Waals surface area contributed by atoms with Crippen LogP contribution in [0.2, 0.25) is 0 Å². The maximum absolute atomic E-state index is 13.7. The van der Waals surface area contributed by atoms with Gasteiger partial charge in [-0.05, 0) is 56.7 Å². The van der Waals surface area contributed by atoms with Crippen molar-refractivity contribution in [1.29, 1.82) is 0 Å². The molecular weight excluding hydrogens is 408 g/mol. The van der Waals surface area contributed by atoms with Crippen molar-refractivity contribution >= 4 is 17.8 Å². The monoisotopic (exact) mass is 440 g/mol. The predicted molar refractivity (Wildman–Crippen MR) is 118 cm³/mol. The zero-order valence-electron chi connectivity index (χ0n) is 19.0. The Labute approximate surface area is 189 Å². The first-order valence-corrected chi connectivity index (χ1v) is 11.6. The molecule has 0 radical (unpaired) electrons. The van der Waals surface area contributed by atoms with Crippen LogP contribution in [0.25, 0.3) is 0 Å². The molecule has 0 saturated carbocycles. The fourth-order valence-corrected chi connectivity index (χ4v) is 5.37. The summed E-state index contributed by atoms with van der Waals surface area (Å²) in [6.07, 6.45) is 6.15. The van der Waals surface area contributed by atoms with Gasteiger partial charge in [-0.2, -0.15) is 0 Å². The summed E-state index contributed by atoms with van der Waals surface area (Å²) in [6.45, 7) is 3.82. The zero-order chi connectivity index (χ0) is 22.7. The van der Waals surface area contributed by atoms with Gasteiger partial charge in [0.05, 0.1) is 26.2 Å². The van der Waals surface area contributed by atoms with Crippen molar-refractivity contribution in [2.75, 3.05) is 26.8 Å². The van der Waals surface area contributed by atoms with Crippen LogP contribution in [0.1, 0.15) is 51.0 Å². The lowest BCUT2D eigenvalue weighted by Crippen LogP contribution is -2.43. The molecule has 3 aliphatic rings. The van der Waals surface area contributed by atoms with Crippen LogP contribution < -0.4 is 4.74 Å². The SMILES string of the molecule is CCOC(=O)[C@]12CCCC=C1N(Cc1ccc(OC)cc1)C(=O)[C@@H]2CC(=O)N1CCCC1. The number of esters is 1. The van der Waals surface area contributed by atoms with Crippen LogP contribution in [0.15, 0.2) is 36.0 Å². The number of hydrogen-bond acceptors (Lipinski definition) is 5. The van der Waals surface area contributed by atoms with Crippen molar-refractivity contribution in [1.82, 2.24) is 9.80 Å². The van der Waals surface area contributed by atoms with Gasteiger partial charge in [0.15, 0.2) is 0 Å². The van der Waals surface area contributed by atoms with E-state index in [1.807, 2.05) is 35.2 Å². The number of fused-ring (bicyclic) bond motifs is 1. The van der Waals surface area contributed by atoms with Gasteiger partial charge in [0.1, 0.15) is 11.2 Å². The third kappa shape index (κ3) is 3.89.